The smallest absolute Gasteiger partial charge is 0.339 e. The summed E-state index contributed by atoms with van der Waals surface area (Å²) in [6.45, 7) is 4.05. The minimum atomic E-state index is -0.884. The SMILES string of the molecule is CCOc1ccc(C(=O)[C@@H](C)OC(=O)c2ccccc2Cc2ccccc2)cc1. The van der Waals surface area contributed by atoms with Crippen molar-refractivity contribution in [1.82, 2.24) is 0 Å². The molecule has 0 radical (unpaired) electrons. The zero-order valence-electron chi connectivity index (χ0n) is 16.6. The molecule has 3 aromatic rings. The van der Waals surface area contributed by atoms with Gasteiger partial charge in [-0.2, -0.15) is 0 Å². The first-order valence-electron chi connectivity index (χ1n) is 9.68. The first kappa shape index (κ1) is 20.3. The number of ketones is 1. The summed E-state index contributed by atoms with van der Waals surface area (Å²) in [6, 6.07) is 24.1. The van der Waals surface area contributed by atoms with Crippen molar-refractivity contribution < 1.29 is 19.1 Å². The maximum absolute atomic E-state index is 12.7. The van der Waals surface area contributed by atoms with Crippen LogP contribution >= 0.6 is 0 Å². The Bertz CT molecular complexity index is 962. The molecule has 0 saturated heterocycles. The number of rotatable bonds is 8. The molecule has 0 amide bonds. The van der Waals surface area contributed by atoms with Crippen LogP contribution in [0.4, 0.5) is 0 Å². The number of hydrogen-bond donors (Lipinski definition) is 0. The van der Waals surface area contributed by atoms with Crippen LogP contribution in [0.5, 0.6) is 5.75 Å². The van der Waals surface area contributed by atoms with Gasteiger partial charge in [0.05, 0.1) is 12.2 Å². The third-order valence-corrected chi connectivity index (χ3v) is 4.58. The van der Waals surface area contributed by atoms with E-state index in [-0.39, 0.29) is 5.78 Å². The van der Waals surface area contributed by atoms with Crippen LogP contribution < -0.4 is 4.74 Å². The molecule has 3 aromatic carbocycles. The molecule has 0 fully saturated rings. The molecule has 0 aliphatic heterocycles. The van der Waals surface area contributed by atoms with Crippen molar-refractivity contribution in [2.24, 2.45) is 0 Å². The van der Waals surface area contributed by atoms with Gasteiger partial charge < -0.3 is 9.47 Å². The van der Waals surface area contributed by atoms with E-state index in [1.807, 2.05) is 49.4 Å². The summed E-state index contributed by atoms with van der Waals surface area (Å²) in [4.78, 5) is 25.4. The van der Waals surface area contributed by atoms with E-state index in [4.69, 9.17) is 9.47 Å². The van der Waals surface area contributed by atoms with Crippen molar-refractivity contribution in [2.75, 3.05) is 6.61 Å². The number of ether oxygens (including phenoxy) is 2. The molecule has 4 heteroatoms. The van der Waals surface area contributed by atoms with Gasteiger partial charge in [-0.1, -0.05) is 48.5 Å². The highest BCUT2D eigenvalue weighted by molar-refractivity contribution is 6.01. The molecule has 1 atom stereocenters. The van der Waals surface area contributed by atoms with Crippen LogP contribution in [-0.4, -0.2) is 24.5 Å². The van der Waals surface area contributed by atoms with Crippen LogP contribution in [0.15, 0.2) is 78.9 Å². The molecule has 0 bridgehead atoms. The minimum absolute atomic E-state index is 0.248. The lowest BCUT2D eigenvalue weighted by molar-refractivity contribution is 0.0318. The number of carbonyl (C=O) groups is 2. The minimum Gasteiger partial charge on any atom is -0.494 e. The molecule has 0 aliphatic carbocycles. The Labute approximate surface area is 171 Å². The molecular weight excluding hydrogens is 364 g/mol. The fraction of sp³-hybridized carbons (Fsp3) is 0.200. The molecular formula is C25H24O4. The van der Waals surface area contributed by atoms with Crippen LogP contribution in [0.1, 0.15) is 45.7 Å². The van der Waals surface area contributed by atoms with Gasteiger partial charge in [-0.3, -0.25) is 4.79 Å². The van der Waals surface area contributed by atoms with Crippen LogP contribution in [0.3, 0.4) is 0 Å². The van der Waals surface area contributed by atoms with E-state index in [1.54, 1.807) is 43.3 Å². The number of esters is 1. The van der Waals surface area contributed by atoms with Gasteiger partial charge in [0.1, 0.15) is 5.75 Å². The van der Waals surface area contributed by atoms with Crippen molar-refractivity contribution in [3.63, 3.8) is 0 Å². The van der Waals surface area contributed by atoms with Crippen LogP contribution in [0, 0.1) is 0 Å². The summed E-state index contributed by atoms with van der Waals surface area (Å²) < 4.78 is 10.9. The number of carbonyl (C=O) groups excluding carboxylic acids is 2. The predicted octanol–water partition coefficient (Wildman–Crippen LogP) is 5.10. The Hall–Kier alpha value is -3.40. The summed E-state index contributed by atoms with van der Waals surface area (Å²) in [7, 11) is 0. The molecule has 29 heavy (non-hydrogen) atoms. The molecule has 0 N–H and O–H groups in total. The van der Waals surface area contributed by atoms with Crippen molar-refractivity contribution in [3.05, 3.63) is 101 Å². The van der Waals surface area contributed by atoms with Gasteiger partial charge in [0.15, 0.2) is 6.10 Å². The van der Waals surface area contributed by atoms with Gasteiger partial charge in [-0.25, -0.2) is 4.79 Å². The lowest BCUT2D eigenvalue weighted by atomic mass is 10.00. The highest BCUT2D eigenvalue weighted by Crippen LogP contribution is 2.18. The maximum Gasteiger partial charge on any atom is 0.339 e. The van der Waals surface area contributed by atoms with Gasteiger partial charge in [0.25, 0.3) is 0 Å². The van der Waals surface area contributed by atoms with E-state index in [0.29, 0.717) is 29.9 Å². The lowest BCUT2D eigenvalue weighted by Gasteiger charge is -2.15. The molecule has 0 aliphatic rings. The van der Waals surface area contributed by atoms with E-state index < -0.39 is 12.1 Å². The third-order valence-electron chi connectivity index (χ3n) is 4.58. The van der Waals surface area contributed by atoms with Gasteiger partial charge in [-0.15, -0.1) is 0 Å². The Balaban J connectivity index is 1.70. The van der Waals surface area contributed by atoms with Gasteiger partial charge >= 0.3 is 5.97 Å². The molecule has 148 valence electrons. The molecule has 0 unspecified atom stereocenters. The second-order valence-corrected chi connectivity index (χ2v) is 6.69. The zero-order chi connectivity index (χ0) is 20.6. The van der Waals surface area contributed by atoms with Crippen molar-refractivity contribution >= 4 is 11.8 Å². The number of Topliss-reactive ketones (excluding diaryl/α,β-unsaturated/α-hetero) is 1. The molecule has 4 nitrogen and oxygen atoms in total. The second kappa shape index (κ2) is 9.69. The molecule has 0 saturated carbocycles. The van der Waals surface area contributed by atoms with Gasteiger partial charge in [-0.05, 0) is 61.7 Å². The quantitative estimate of drug-likeness (QED) is 0.398. The fourth-order valence-corrected chi connectivity index (χ4v) is 3.08. The Morgan fingerprint density at radius 3 is 2.21 bits per heavy atom. The average Bonchev–Trinajstić information content (AvgIpc) is 2.75. The predicted molar refractivity (Wildman–Crippen MR) is 113 cm³/mol. The highest BCUT2D eigenvalue weighted by Gasteiger charge is 2.22. The first-order valence-corrected chi connectivity index (χ1v) is 9.68. The van der Waals surface area contributed by atoms with Crippen molar-refractivity contribution in [3.8, 4) is 5.75 Å². The zero-order valence-corrected chi connectivity index (χ0v) is 16.6. The standard InChI is InChI=1S/C25H24O4/c1-3-28-22-15-13-20(14-16-22)24(26)18(2)29-25(27)23-12-8-7-11-21(23)17-19-9-5-4-6-10-19/h4-16,18H,3,17H2,1-2H3/t18-/m1/s1. The monoisotopic (exact) mass is 388 g/mol. The number of benzene rings is 3. The Morgan fingerprint density at radius 2 is 1.52 bits per heavy atom. The van der Waals surface area contributed by atoms with Crippen molar-refractivity contribution in [1.29, 1.82) is 0 Å². The van der Waals surface area contributed by atoms with E-state index in [0.717, 1.165) is 11.1 Å². The van der Waals surface area contributed by atoms with Gasteiger partial charge in [0.2, 0.25) is 5.78 Å². The van der Waals surface area contributed by atoms with Crippen LogP contribution in [0.2, 0.25) is 0 Å². The topological polar surface area (TPSA) is 52.6 Å². The number of hydrogen-bond acceptors (Lipinski definition) is 4. The second-order valence-electron chi connectivity index (χ2n) is 6.69. The summed E-state index contributed by atoms with van der Waals surface area (Å²) in [5.41, 5.74) is 2.92. The van der Waals surface area contributed by atoms with E-state index in [2.05, 4.69) is 0 Å². The molecule has 0 heterocycles. The van der Waals surface area contributed by atoms with Crippen molar-refractivity contribution in [2.45, 2.75) is 26.4 Å². The largest absolute Gasteiger partial charge is 0.494 e. The summed E-state index contributed by atoms with van der Waals surface area (Å²) in [5, 5.41) is 0. The Morgan fingerprint density at radius 1 is 0.862 bits per heavy atom. The van der Waals surface area contributed by atoms with Gasteiger partial charge in [0, 0.05) is 5.56 Å². The first-order chi connectivity index (χ1) is 14.1. The van der Waals surface area contributed by atoms with Crippen LogP contribution in [-0.2, 0) is 11.2 Å². The fourth-order valence-electron chi connectivity index (χ4n) is 3.08. The van der Waals surface area contributed by atoms with E-state index in [9.17, 15) is 9.59 Å². The van der Waals surface area contributed by atoms with E-state index >= 15 is 0 Å². The summed E-state index contributed by atoms with van der Waals surface area (Å²) >= 11 is 0. The molecule has 0 spiro atoms. The maximum atomic E-state index is 12.7. The van der Waals surface area contributed by atoms with E-state index in [1.165, 1.54) is 0 Å². The molecule has 3 rings (SSSR count). The highest BCUT2D eigenvalue weighted by atomic mass is 16.5. The molecule has 0 aromatic heterocycles. The average molecular weight is 388 g/mol. The Kier molecular flexibility index (Phi) is 6.80. The summed E-state index contributed by atoms with van der Waals surface area (Å²) in [6.07, 6.45) is -0.266. The lowest BCUT2D eigenvalue weighted by Crippen LogP contribution is -2.25. The summed E-state index contributed by atoms with van der Waals surface area (Å²) in [5.74, 6) is -0.0474. The van der Waals surface area contributed by atoms with Crippen LogP contribution in [0.25, 0.3) is 0 Å². The normalized spacial score (nSPS) is 11.5. The third kappa shape index (κ3) is 5.32.